The first-order valence-corrected chi connectivity index (χ1v) is 6.53. The standard InChI is InChI=1S/C7HBr3Cl2N2/c8-1-3(11)4(12)2(9)6-5(1)13-7(10)14-6/h(H,13,14). The highest BCUT2D eigenvalue weighted by molar-refractivity contribution is 9.11. The van der Waals surface area contributed by atoms with Crippen LogP contribution in [0, 0.1) is 0 Å². The van der Waals surface area contributed by atoms with Crippen LogP contribution in [0.1, 0.15) is 0 Å². The number of rotatable bonds is 0. The Labute approximate surface area is 115 Å². The summed E-state index contributed by atoms with van der Waals surface area (Å²) in [7, 11) is 0. The molecule has 14 heavy (non-hydrogen) atoms. The van der Waals surface area contributed by atoms with E-state index in [1.807, 2.05) is 0 Å². The molecule has 0 saturated heterocycles. The minimum atomic E-state index is 0.449. The largest absolute Gasteiger partial charge is 0.331 e. The third-order valence-electron chi connectivity index (χ3n) is 1.68. The van der Waals surface area contributed by atoms with Gasteiger partial charge in [0.2, 0.25) is 0 Å². The normalized spacial score (nSPS) is 11.2. The molecule has 0 atom stereocenters. The van der Waals surface area contributed by atoms with E-state index in [1.54, 1.807) is 0 Å². The van der Waals surface area contributed by atoms with Crippen molar-refractivity contribution in [3.05, 3.63) is 23.7 Å². The molecular weight excluding hydrogens is 423 g/mol. The van der Waals surface area contributed by atoms with Crippen LogP contribution in [0.4, 0.5) is 0 Å². The van der Waals surface area contributed by atoms with Crippen LogP contribution < -0.4 is 0 Å². The molecule has 0 unspecified atom stereocenters. The molecule has 0 spiro atoms. The highest BCUT2D eigenvalue weighted by Crippen LogP contribution is 2.42. The van der Waals surface area contributed by atoms with Gasteiger partial charge in [0.05, 0.1) is 24.5 Å². The lowest BCUT2D eigenvalue weighted by Gasteiger charge is -2.02. The summed E-state index contributed by atoms with van der Waals surface area (Å²) in [5.41, 5.74) is 1.54. The van der Waals surface area contributed by atoms with Crippen LogP contribution in [0.2, 0.25) is 10.0 Å². The van der Waals surface area contributed by atoms with Crippen molar-refractivity contribution in [2.24, 2.45) is 0 Å². The molecule has 1 heterocycles. The summed E-state index contributed by atoms with van der Waals surface area (Å²) in [6.45, 7) is 0. The molecule has 0 fully saturated rings. The summed E-state index contributed by atoms with van der Waals surface area (Å²) in [4.78, 5) is 7.24. The average Bonchev–Trinajstić information content (AvgIpc) is 2.54. The Bertz CT molecular complexity index is 478. The first-order chi connectivity index (χ1) is 6.52. The molecule has 2 rings (SSSR count). The van der Waals surface area contributed by atoms with Gasteiger partial charge in [0.25, 0.3) is 0 Å². The molecule has 0 aliphatic rings. The van der Waals surface area contributed by atoms with Gasteiger partial charge in [-0.15, -0.1) is 0 Å². The van der Waals surface area contributed by atoms with Crippen molar-refractivity contribution in [2.75, 3.05) is 0 Å². The first kappa shape index (κ1) is 11.2. The van der Waals surface area contributed by atoms with Crippen molar-refractivity contribution < 1.29 is 0 Å². The number of nitrogens with one attached hydrogen (secondary N) is 1. The van der Waals surface area contributed by atoms with Crippen molar-refractivity contribution in [2.45, 2.75) is 0 Å². The zero-order chi connectivity index (χ0) is 10.5. The third kappa shape index (κ3) is 1.63. The molecule has 74 valence electrons. The predicted octanol–water partition coefficient (Wildman–Crippen LogP) is 5.16. The lowest BCUT2D eigenvalue weighted by molar-refractivity contribution is 1.26. The Hall–Kier alpha value is 0.710. The Morgan fingerprint density at radius 1 is 1.00 bits per heavy atom. The molecular formula is C7HBr3Cl2N2. The maximum atomic E-state index is 6.00. The quantitative estimate of drug-likeness (QED) is 0.460. The fraction of sp³-hybridized carbons (Fsp3) is 0. The molecule has 1 aromatic carbocycles. The van der Waals surface area contributed by atoms with Gasteiger partial charge in [-0.3, -0.25) is 0 Å². The number of hydrogen-bond acceptors (Lipinski definition) is 1. The Morgan fingerprint density at radius 3 is 2.21 bits per heavy atom. The molecule has 2 nitrogen and oxygen atoms in total. The van der Waals surface area contributed by atoms with Crippen molar-refractivity contribution in [1.82, 2.24) is 9.97 Å². The van der Waals surface area contributed by atoms with E-state index >= 15 is 0 Å². The van der Waals surface area contributed by atoms with Gasteiger partial charge < -0.3 is 4.98 Å². The third-order valence-corrected chi connectivity index (χ3v) is 4.93. The zero-order valence-corrected chi connectivity index (χ0v) is 12.6. The van der Waals surface area contributed by atoms with Crippen molar-refractivity contribution in [1.29, 1.82) is 0 Å². The van der Waals surface area contributed by atoms with E-state index in [2.05, 4.69) is 57.8 Å². The molecule has 7 heteroatoms. The summed E-state index contributed by atoms with van der Waals surface area (Å²) in [5, 5.41) is 0.909. The van der Waals surface area contributed by atoms with Gasteiger partial charge >= 0.3 is 0 Å². The molecule has 0 amide bonds. The van der Waals surface area contributed by atoms with Gasteiger partial charge in [-0.05, 0) is 47.8 Å². The smallest absolute Gasteiger partial charge is 0.175 e. The molecule has 0 saturated carbocycles. The number of H-pyrrole nitrogens is 1. The van der Waals surface area contributed by atoms with E-state index in [0.29, 0.717) is 23.7 Å². The molecule has 1 aromatic heterocycles. The van der Waals surface area contributed by atoms with E-state index < -0.39 is 0 Å². The van der Waals surface area contributed by atoms with Gasteiger partial charge in [-0.1, -0.05) is 23.2 Å². The number of halogens is 5. The van der Waals surface area contributed by atoms with Crippen LogP contribution in [0.5, 0.6) is 0 Å². The monoisotopic (exact) mass is 420 g/mol. The number of hydrogen-bond donors (Lipinski definition) is 1. The van der Waals surface area contributed by atoms with Gasteiger partial charge in [-0.25, -0.2) is 4.98 Å². The molecule has 0 aliphatic carbocycles. The summed E-state index contributed by atoms with van der Waals surface area (Å²) < 4.78 is 2.03. The molecule has 2 aromatic rings. The number of benzene rings is 1. The second kappa shape index (κ2) is 3.94. The average molecular weight is 424 g/mol. The highest BCUT2D eigenvalue weighted by Gasteiger charge is 2.16. The van der Waals surface area contributed by atoms with Gasteiger partial charge in [0.15, 0.2) is 4.73 Å². The van der Waals surface area contributed by atoms with Crippen molar-refractivity contribution in [3.8, 4) is 0 Å². The topological polar surface area (TPSA) is 28.7 Å². The Morgan fingerprint density at radius 2 is 1.57 bits per heavy atom. The number of aromatic nitrogens is 2. The SMILES string of the molecule is Clc1c(Cl)c(Br)c2[nH]c(Br)nc2c1Br. The van der Waals surface area contributed by atoms with Crippen LogP contribution in [-0.4, -0.2) is 9.97 Å². The highest BCUT2D eigenvalue weighted by atomic mass is 79.9. The number of nitrogens with zero attached hydrogens (tertiary/aromatic N) is 1. The lowest BCUT2D eigenvalue weighted by Crippen LogP contribution is -1.80. The first-order valence-electron chi connectivity index (χ1n) is 3.39. The summed E-state index contributed by atoms with van der Waals surface area (Å²) >= 11 is 21.9. The lowest BCUT2D eigenvalue weighted by atomic mass is 10.3. The van der Waals surface area contributed by atoms with E-state index in [-0.39, 0.29) is 0 Å². The summed E-state index contributed by atoms with van der Waals surface area (Å²) in [6, 6.07) is 0. The molecule has 0 bridgehead atoms. The Balaban J connectivity index is 3.01. The molecule has 0 aliphatic heterocycles. The maximum absolute atomic E-state index is 6.00. The van der Waals surface area contributed by atoms with Crippen molar-refractivity contribution in [3.63, 3.8) is 0 Å². The number of imidazole rings is 1. The van der Waals surface area contributed by atoms with E-state index in [4.69, 9.17) is 23.2 Å². The van der Waals surface area contributed by atoms with E-state index in [1.165, 1.54) is 0 Å². The van der Waals surface area contributed by atoms with Gasteiger partial charge in [0.1, 0.15) is 5.52 Å². The fourth-order valence-electron chi connectivity index (χ4n) is 1.07. The van der Waals surface area contributed by atoms with Crippen LogP contribution in [-0.2, 0) is 0 Å². The maximum Gasteiger partial charge on any atom is 0.175 e. The minimum absolute atomic E-state index is 0.449. The van der Waals surface area contributed by atoms with Crippen LogP contribution >= 0.6 is 71.0 Å². The number of fused-ring (bicyclic) bond motifs is 1. The van der Waals surface area contributed by atoms with Crippen LogP contribution in [0.15, 0.2) is 13.7 Å². The van der Waals surface area contributed by atoms with Crippen LogP contribution in [0.25, 0.3) is 11.0 Å². The van der Waals surface area contributed by atoms with E-state index in [0.717, 1.165) is 11.0 Å². The second-order valence-corrected chi connectivity index (χ2v) is 5.60. The molecule has 0 radical (unpaired) electrons. The minimum Gasteiger partial charge on any atom is -0.331 e. The Kier molecular flexibility index (Phi) is 3.15. The van der Waals surface area contributed by atoms with Crippen molar-refractivity contribution >= 4 is 82.0 Å². The summed E-state index contributed by atoms with van der Waals surface area (Å²) in [5.74, 6) is 0. The number of aromatic amines is 1. The summed E-state index contributed by atoms with van der Waals surface area (Å²) in [6.07, 6.45) is 0. The van der Waals surface area contributed by atoms with Gasteiger partial charge in [0, 0.05) is 0 Å². The zero-order valence-electron chi connectivity index (χ0n) is 6.34. The van der Waals surface area contributed by atoms with E-state index in [9.17, 15) is 0 Å². The molecule has 1 N–H and O–H groups in total. The second-order valence-electron chi connectivity index (χ2n) is 2.51. The van der Waals surface area contributed by atoms with Crippen LogP contribution in [0.3, 0.4) is 0 Å². The fourth-order valence-corrected chi connectivity index (χ4v) is 3.02. The predicted molar refractivity (Wildman–Crippen MR) is 69.2 cm³/mol. The van der Waals surface area contributed by atoms with Gasteiger partial charge in [-0.2, -0.15) is 0 Å².